The molecule has 0 spiro atoms. The van der Waals surface area contributed by atoms with E-state index in [2.05, 4.69) is 15.7 Å². The molecule has 33 heavy (non-hydrogen) atoms. The monoisotopic (exact) mass is 445 g/mol. The summed E-state index contributed by atoms with van der Waals surface area (Å²) in [6, 6.07) is 13.5. The summed E-state index contributed by atoms with van der Waals surface area (Å²) in [6.45, 7) is 6.06. The number of aryl methyl sites for hydroxylation is 2. The van der Waals surface area contributed by atoms with Crippen LogP contribution in [-0.2, 0) is 11.3 Å². The Balaban J connectivity index is 1.60. The fourth-order valence-corrected chi connectivity index (χ4v) is 3.78. The summed E-state index contributed by atoms with van der Waals surface area (Å²) in [6.07, 6.45) is 1.96. The topological polar surface area (TPSA) is 89.8 Å². The van der Waals surface area contributed by atoms with Crippen LogP contribution in [0, 0.1) is 13.8 Å². The molecule has 0 bridgehead atoms. The van der Waals surface area contributed by atoms with Crippen molar-refractivity contribution in [2.24, 2.45) is 0 Å². The van der Waals surface area contributed by atoms with Gasteiger partial charge < -0.3 is 20.1 Å². The molecule has 0 unspecified atom stereocenters. The zero-order valence-corrected chi connectivity index (χ0v) is 19.4. The molecule has 0 saturated heterocycles. The molecule has 0 aliphatic rings. The van der Waals surface area contributed by atoms with Crippen molar-refractivity contribution >= 4 is 22.9 Å². The van der Waals surface area contributed by atoms with E-state index in [1.54, 1.807) is 18.7 Å². The molecule has 0 atom stereocenters. The molecule has 8 nitrogen and oxygen atoms in total. The van der Waals surface area contributed by atoms with E-state index in [1.807, 2.05) is 62.5 Å². The summed E-state index contributed by atoms with van der Waals surface area (Å²) in [5, 5.41) is 10.9. The van der Waals surface area contributed by atoms with Gasteiger partial charge >= 0.3 is 0 Å². The Morgan fingerprint density at radius 2 is 1.73 bits per heavy atom. The van der Waals surface area contributed by atoms with Crippen LogP contribution in [0.25, 0.3) is 16.8 Å². The molecular formula is C25H27N5O3. The predicted octanol–water partition coefficient (Wildman–Crippen LogP) is 4.60. The van der Waals surface area contributed by atoms with Gasteiger partial charge in [-0.15, -0.1) is 0 Å². The van der Waals surface area contributed by atoms with Crippen molar-refractivity contribution in [1.82, 2.24) is 14.6 Å². The molecule has 0 radical (unpaired) electrons. The van der Waals surface area contributed by atoms with Crippen molar-refractivity contribution in [3.63, 3.8) is 0 Å². The summed E-state index contributed by atoms with van der Waals surface area (Å²) in [5.41, 5.74) is 7.22. The normalized spacial score (nSPS) is 10.8. The molecule has 1 amide bonds. The molecule has 2 aromatic heterocycles. The first-order valence-corrected chi connectivity index (χ1v) is 10.6. The maximum atomic E-state index is 11.2. The van der Waals surface area contributed by atoms with Gasteiger partial charge in [0, 0.05) is 24.7 Å². The molecule has 0 aliphatic carbocycles. The Hall–Kier alpha value is -4.07. The first-order valence-electron chi connectivity index (χ1n) is 10.6. The highest BCUT2D eigenvalue weighted by atomic mass is 16.5. The van der Waals surface area contributed by atoms with E-state index >= 15 is 0 Å². The standard InChI is InChI=1S/C25H27N5O3/c1-15-21(26-13-18-6-9-20(10-7-18)28-17(3)31)14-30-25(27-15)24(16(2)29-30)19-8-11-22(32-4)23(12-19)33-5/h6-12,14,26H,13H2,1-5H3,(H,28,31). The van der Waals surface area contributed by atoms with Crippen molar-refractivity contribution in [3.8, 4) is 22.6 Å². The largest absolute Gasteiger partial charge is 0.493 e. The van der Waals surface area contributed by atoms with Crippen LogP contribution in [0.2, 0.25) is 0 Å². The highest BCUT2D eigenvalue weighted by Crippen LogP contribution is 2.35. The number of anilines is 2. The number of carbonyl (C=O) groups is 1. The second-order valence-corrected chi connectivity index (χ2v) is 7.77. The number of methoxy groups -OCH3 is 2. The summed E-state index contributed by atoms with van der Waals surface area (Å²) in [7, 11) is 3.24. The van der Waals surface area contributed by atoms with Crippen LogP contribution in [-0.4, -0.2) is 34.7 Å². The lowest BCUT2D eigenvalue weighted by Gasteiger charge is -2.11. The van der Waals surface area contributed by atoms with Crippen molar-refractivity contribution in [1.29, 1.82) is 0 Å². The van der Waals surface area contributed by atoms with Gasteiger partial charge in [0.2, 0.25) is 5.91 Å². The lowest BCUT2D eigenvalue weighted by Crippen LogP contribution is -2.07. The van der Waals surface area contributed by atoms with Gasteiger partial charge in [-0.05, 0) is 49.2 Å². The lowest BCUT2D eigenvalue weighted by molar-refractivity contribution is -0.114. The number of hydrogen-bond donors (Lipinski definition) is 2. The highest BCUT2D eigenvalue weighted by molar-refractivity contribution is 5.88. The van der Waals surface area contributed by atoms with Crippen molar-refractivity contribution in [3.05, 3.63) is 65.6 Å². The second-order valence-electron chi connectivity index (χ2n) is 7.77. The van der Waals surface area contributed by atoms with Gasteiger partial charge in [-0.25, -0.2) is 9.50 Å². The quantitative estimate of drug-likeness (QED) is 0.432. The summed E-state index contributed by atoms with van der Waals surface area (Å²) in [4.78, 5) is 16.0. The molecule has 0 aliphatic heterocycles. The number of carbonyl (C=O) groups excluding carboxylic acids is 1. The number of rotatable bonds is 7. The number of hydrogen-bond acceptors (Lipinski definition) is 6. The van der Waals surface area contributed by atoms with E-state index in [1.165, 1.54) is 6.92 Å². The Morgan fingerprint density at radius 1 is 1.00 bits per heavy atom. The van der Waals surface area contributed by atoms with Crippen LogP contribution in [0.1, 0.15) is 23.9 Å². The van der Waals surface area contributed by atoms with E-state index in [0.717, 1.165) is 45.1 Å². The molecule has 170 valence electrons. The first-order chi connectivity index (χ1) is 15.9. The number of fused-ring (bicyclic) bond motifs is 1. The minimum atomic E-state index is -0.0853. The van der Waals surface area contributed by atoms with Gasteiger partial charge in [0.15, 0.2) is 17.1 Å². The smallest absolute Gasteiger partial charge is 0.221 e. The maximum Gasteiger partial charge on any atom is 0.221 e. The van der Waals surface area contributed by atoms with Crippen molar-refractivity contribution in [2.75, 3.05) is 24.9 Å². The molecule has 4 rings (SSSR count). The lowest BCUT2D eigenvalue weighted by atomic mass is 10.1. The van der Waals surface area contributed by atoms with E-state index in [-0.39, 0.29) is 5.91 Å². The highest BCUT2D eigenvalue weighted by Gasteiger charge is 2.17. The van der Waals surface area contributed by atoms with Crippen LogP contribution >= 0.6 is 0 Å². The third kappa shape index (κ3) is 4.59. The zero-order valence-electron chi connectivity index (χ0n) is 19.4. The summed E-state index contributed by atoms with van der Waals surface area (Å²) < 4.78 is 12.6. The molecule has 2 N–H and O–H groups in total. The zero-order chi connectivity index (χ0) is 23.5. The van der Waals surface area contributed by atoms with Crippen LogP contribution < -0.4 is 20.1 Å². The van der Waals surface area contributed by atoms with Gasteiger partial charge in [0.25, 0.3) is 0 Å². The van der Waals surface area contributed by atoms with Crippen molar-refractivity contribution < 1.29 is 14.3 Å². The van der Waals surface area contributed by atoms with Crippen LogP contribution in [0.15, 0.2) is 48.7 Å². The van der Waals surface area contributed by atoms with Gasteiger partial charge in [-0.3, -0.25) is 4.79 Å². The number of amides is 1. The number of benzene rings is 2. The average Bonchev–Trinajstić information content (AvgIpc) is 3.12. The van der Waals surface area contributed by atoms with E-state index in [4.69, 9.17) is 14.5 Å². The third-order valence-corrected chi connectivity index (χ3v) is 5.40. The minimum absolute atomic E-state index is 0.0853. The van der Waals surface area contributed by atoms with Crippen LogP contribution in [0.3, 0.4) is 0 Å². The Bertz CT molecular complexity index is 1310. The minimum Gasteiger partial charge on any atom is -0.493 e. The average molecular weight is 446 g/mol. The number of nitrogens with one attached hydrogen (secondary N) is 2. The fourth-order valence-electron chi connectivity index (χ4n) is 3.78. The molecule has 2 aromatic carbocycles. The molecule has 4 aromatic rings. The van der Waals surface area contributed by atoms with E-state index in [9.17, 15) is 4.79 Å². The predicted molar refractivity (Wildman–Crippen MR) is 129 cm³/mol. The molecule has 0 fully saturated rings. The Morgan fingerprint density at radius 3 is 2.39 bits per heavy atom. The van der Waals surface area contributed by atoms with Gasteiger partial charge in [0.1, 0.15) is 0 Å². The first kappa shape index (κ1) is 22.1. The van der Waals surface area contributed by atoms with Crippen LogP contribution in [0.4, 0.5) is 11.4 Å². The van der Waals surface area contributed by atoms with E-state index < -0.39 is 0 Å². The molecule has 2 heterocycles. The number of aromatic nitrogens is 3. The maximum absolute atomic E-state index is 11.2. The third-order valence-electron chi connectivity index (χ3n) is 5.40. The summed E-state index contributed by atoms with van der Waals surface area (Å²) in [5.74, 6) is 1.25. The molecule has 0 saturated carbocycles. The fraction of sp³-hybridized carbons (Fsp3) is 0.240. The van der Waals surface area contributed by atoms with Crippen LogP contribution in [0.5, 0.6) is 11.5 Å². The number of nitrogens with zero attached hydrogens (tertiary/aromatic N) is 3. The second kappa shape index (κ2) is 9.20. The Kier molecular flexibility index (Phi) is 6.17. The van der Waals surface area contributed by atoms with E-state index in [0.29, 0.717) is 18.0 Å². The van der Waals surface area contributed by atoms with Gasteiger partial charge in [0.05, 0.1) is 37.5 Å². The Labute approximate surface area is 192 Å². The number of ether oxygens (including phenoxy) is 2. The SMILES string of the molecule is COc1ccc(-c2c(C)nn3cc(NCc4ccc(NC(C)=O)cc4)c(C)nc23)cc1OC. The van der Waals surface area contributed by atoms with Gasteiger partial charge in [-0.1, -0.05) is 18.2 Å². The summed E-state index contributed by atoms with van der Waals surface area (Å²) >= 11 is 0. The van der Waals surface area contributed by atoms with Crippen molar-refractivity contribution in [2.45, 2.75) is 27.3 Å². The molecule has 8 heteroatoms. The molecular weight excluding hydrogens is 418 g/mol. The van der Waals surface area contributed by atoms with Gasteiger partial charge in [-0.2, -0.15) is 5.10 Å².